The summed E-state index contributed by atoms with van der Waals surface area (Å²) in [5, 5.41) is 0. The molecule has 0 saturated carbocycles. The highest BCUT2D eigenvalue weighted by molar-refractivity contribution is 5.36. The fourth-order valence-corrected chi connectivity index (χ4v) is 1.41. The highest BCUT2D eigenvalue weighted by Crippen LogP contribution is 2.20. The molecule has 1 rings (SSSR count). The maximum Gasteiger partial charge on any atom is 0.240 e. The van der Waals surface area contributed by atoms with E-state index < -0.39 is 0 Å². The van der Waals surface area contributed by atoms with Crippen molar-refractivity contribution in [3.8, 4) is 0 Å². The molecule has 0 N–H and O–H groups in total. The fraction of sp³-hybridized carbons (Fsp3) is 0.667. The van der Waals surface area contributed by atoms with Gasteiger partial charge in [0.25, 0.3) is 0 Å². The van der Waals surface area contributed by atoms with Gasteiger partial charge in [-0.3, -0.25) is 0 Å². The second-order valence-electron chi connectivity index (χ2n) is 3.06. The van der Waals surface area contributed by atoms with Gasteiger partial charge in [-0.15, -0.1) is 0 Å². The minimum absolute atomic E-state index is 0.489. The van der Waals surface area contributed by atoms with Gasteiger partial charge in [-0.05, 0) is 25.2 Å². The van der Waals surface area contributed by atoms with Crippen LogP contribution in [0, 0.1) is 5.92 Å². The summed E-state index contributed by atoms with van der Waals surface area (Å²) in [5.74, 6) is 0.489. The molecule has 1 fully saturated rings. The number of ether oxygens (including phenoxy) is 1. The van der Waals surface area contributed by atoms with Gasteiger partial charge in [0.05, 0.1) is 0 Å². The highest BCUT2D eigenvalue weighted by atomic mass is 16.5. The van der Waals surface area contributed by atoms with Crippen LogP contribution in [0.3, 0.4) is 0 Å². The predicted octanol–water partition coefficient (Wildman–Crippen LogP) is 1.65. The summed E-state index contributed by atoms with van der Waals surface area (Å²) in [6.45, 7) is 5.29. The normalized spacial score (nSPS) is 22.8. The molecule has 1 atom stereocenters. The molecule has 1 saturated heterocycles. The molecule has 0 bridgehead atoms. The summed E-state index contributed by atoms with van der Waals surface area (Å²) in [6.07, 6.45) is 4.50. The molecule has 1 aliphatic rings. The molecule has 0 spiro atoms. The number of aliphatic imine (C=N–C) groups is 1. The number of rotatable bonds is 3. The van der Waals surface area contributed by atoms with Gasteiger partial charge >= 0.3 is 0 Å². The van der Waals surface area contributed by atoms with Crippen LogP contribution in [0.4, 0.5) is 0 Å². The van der Waals surface area contributed by atoms with E-state index in [9.17, 15) is 4.79 Å². The first-order chi connectivity index (χ1) is 5.83. The van der Waals surface area contributed by atoms with E-state index in [2.05, 4.69) is 11.6 Å². The largest absolute Gasteiger partial charge is 0.381 e. The molecule has 0 aromatic rings. The Morgan fingerprint density at radius 2 is 2.58 bits per heavy atom. The van der Waals surface area contributed by atoms with Crippen LogP contribution < -0.4 is 0 Å². The van der Waals surface area contributed by atoms with E-state index in [4.69, 9.17) is 4.74 Å². The van der Waals surface area contributed by atoms with E-state index in [1.165, 1.54) is 6.08 Å². The van der Waals surface area contributed by atoms with Crippen molar-refractivity contribution in [2.45, 2.75) is 19.3 Å². The lowest BCUT2D eigenvalue weighted by Gasteiger charge is -2.21. The second-order valence-corrected chi connectivity index (χ2v) is 3.06. The number of hydrogen-bond acceptors (Lipinski definition) is 3. The van der Waals surface area contributed by atoms with Crippen molar-refractivity contribution < 1.29 is 9.53 Å². The Hall–Kier alpha value is -0.920. The smallest absolute Gasteiger partial charge is 0.240 e. The van der Waals surface area contributed by atoms with Gasteiger partial charge in [-0.25, -0.2) is 4.79 Å². The summed E-state index contributed by atoms with van der Waals surface area (Å²) in [7, 11) is 0. The summed E-state index contributed by atoms with van der Waals surface area (Å²) < 4.78 is 5.28. The van der Waals surface area contributed by atoms with Gasteiger partial charge in [0.2, 0.25) is 6.08 Å². The quantitative estimate of drug-likeness (QED) is 0.473. The third-order valence-corrected chi connectivity index (χ3v) is 1.98. The molecule has 0 aliphatic carbocycles. The summed E-state index contributed by atoms with van der Waals surface area (Å²) >= 11 is 0. The third-order valence-electron chi connectivity index (χ3n) is 1.98. The monoisotopic (exact) mass is 167 g/mol. The van der Waals surface area contributed by atoms with Crippen molar-refractivity contribution in [3.05, 3.63) is 12.3 Å². The number of carbonyl (C=O) groups excluding carboxylic acids is 1. The molecule has 0 amide bonds. The summed E-state index contributed by atoms with van der Waals surface area (Å²) in [4.78, 5) is 13.3. The average molecular weight is 167 g/mol. The Morgan fingerprint density at radius 1 is 1.75 bits per heavy atom. The maximum absolute atomic E-state index is 9.87. The molecule has 1 heterocycles. The third kappa shape index (κ3) is 2.99. The first kappa shape index (κ1) is 9.17. The Labute approximate surface area is 72.1 Å². The van der Waals surface area contributed by atoms with Crippen LogP contribution >= 0.6 is 0 Å². The molecule has 3 nitrogen and oxygen atoms in total. The highest BCUT2D eigenvalue weighted by Gasteiger charge is 2.14. The zero-order chi connectivity index (χ0) is 8.81. The van der Waals surface area contributed by atoms with Crippen molar-refractivity contribution in [2.24, 2.45) is 10.9 Å². The molecule has 66 valence electrons. The van der Waals surface area contributed by atoms with E-state index in [0.717, 1.165) is 32.5 Å². The zero-order valence-electron chi connectivity index (χ0n) is 7.08. The van der Waals surface area contributed by atoms with Crippen LogP contribution in [-0.4, -0.2) is 19.3 Å². The topological polar surface area (TPSA) is 38.7 Å². The molecule has 0 aromatic carbocycles. The Balaban J connectivity index is 2.29. The number of nitrogens with zero attached hydrogens (tertiary/aromatic N) is 1. The van der Waals surface area contributed by atoms with Gasteiger partial charge in [-0.1, -0.05) is 6.58 Å². The minimum Gasteiger partial charge on any atom is -0.381 e. The molecular formula is C9H13NO2. The van der Waals surface area contributed by atoms with E-state index in [-0.39, 0.29) is 0 Å². The first-order valence-electron chi connectivity index (χ1n) is 4.16. The van der Waals surface area contributed by atoms with Crippen molar-refractivity contribution in [3.63, 3.8) is 0 Å². The SMILES string of the molecule is C=C(CC1CCCOC1)N=C=O. The molecular weight excluding hydrogens is 154 g/mol. The van der Waals surface area contributed by atoms with Crippen LogP contribution in [0.25, 0.3) is 0 Å². The number of allylic oxidation sites excluding steroid dienone is 1. The van der Waals surface area contributed by atoms with Crippen LogP contribution in [0.5, 0.6) is 0 Å². The molecule has 1 unspecified atom stereocenters. The van der Waals surface area contributed by atoms with Gasteiger partial charge in [-0.2, -0.15) is 4.99 Å². The molecule has 3 heteroatoms. The standard InChI is InChI=1S/C9H13NO2/c1-8(10-7-11)5-9-3-2-4-12-6-9/h9H,1-6H2. The number of isocyanates is 1. The lowest BCUT2D eigenvalue weighted by molar-refractivity contribution is 0.0549. The van der Waals surface area contributed by atoms with Crippen molar-refractivity contribution in [2.75, 3.05) is 13.2 Å². The van der Waals surface area contributed by atoms with Crippen LogP contribution in [-0.2, 0) is 9.53 Å². The van der Waals surface area contributed by atoms with Crippen molar-refractivity contribution >= 4 is 6.08 Å². The molecule has 1 aliphatic heterocycles. The minimum atomic E-state index is 0.489. The number of hydrogen-bond donors (Lipinski definition) is 0. The Bertz CT molecular complexity index is 201. The maximum atomic E-state index is 9.87. The van der Waals surface area contributed by atoms with Crippen LogP contribution in [0.2, 0.25) is 0 Å². The van der Waals surface area contributed by atoms with Crippen LogP contribution in [0.15, 0.2) is 17.3 Å². The van der Waals surface area contributed by atoms with E-state index >= 15 is 0 Å². The first-order valence-corrected chi connectivity index (χ1v) is 4.16. The van der Waals surface area contributed by atoms with Gasteiger partial charge < -0.3 is 4.74 Å². The van der Waals surface area contributed by atoms with E-state index in [0.29, 0.717) is 11.6 Å². The predicted molar refractivity (Wildman–Crippen MR) is 45.4 cm³/mol. The molecule has 0 aromatic heterocycles. The Morgan fingerprint density at radius 3 is 3.17 bits per heavy atom. The second kappa shape index (κ2) is 4.86. The van der Waals surface area contributed by atoms with Crippen LogP contribution in [0.1, 0.15) is 19.3 Å². The van der Waals surface area contributed by atoms with Gasteiger partial charge in [0.15, 0.2) is 0 Å². The van der Waals surface area contributed by atoms with Gasteiger partial charge in [0.1, 0.15) is 0 Å². The van der Waals surface area contributed by atoms with Gasteiger partial charge in [0, 0.05) is 18.9 Å². The summed E-state index contributed by atoms with van der Waals surface area (Å²) in [6, 6.07) is 0. The lowest BCUT2D eigenvalue weighted by atomic mass is 9.97. The summed E-state index contributed by atoms with van der Waals surface area (Å²) in [5.41, 5.74) is 0.612. The zero-order valence-corrected chi connectivity index (χ0v) is 7.08. The average Bonchev–Trinajstić information content (AvgIpc) is 2.06. The van der Waals surface area contributed by atoms with Crippen molar-refractivity contribution in [1.29, 1.82) is 0 Å². The van der Waals surface area contributed by atoms with E-state index in [1.807, 2.05) is 0 Å². The molecule has 0 radical (unpaired) electrons. The lowest BCUT2D eigenvalue weighted by Crippen LogP contribution is -2.17. The Kier molecular flexibility index (Phi) is 3.71. The molecule has 12 heavy (non-hydrogen) atoms. The van der Waals surface area contributed by atoms with Crippen molar-refractivity contribution in [1.82, 2.24) is 0 Å². The van der Waals surface area contributed by atoms with E-state index in [1.54, 1.807) is 0 Å². The fourth-order valence-electron chi connectivity index (χ4n) is 1.41.